The fraction of sp³-hybridized carbons (Fsp3) is 0.500. The third kappa shape index (κ3) is 3.29. The van der Waals surface area contributed by atoms with Crippen molar-refractivity contribution in [3.05, 3.63) is 39.9 Å². The molecule has 1 aliphatic heterocycles. The molecule has 24 heavy (non-hydrogen) atoms. The molecule has 0 spiro atoms. The maximum absolute atomic E-state index is 10.9. The Morgan fingerprint density at radius 3 is 2.50 bits per heavy atom. The van der Waals surface area contributed by atoms with Crippen LogP contribution in [0.25, 0.3) is 0 Å². The second-order valence-corrected chi connectivity index (χ2v) is 5.32. The minimum Gasteiger partial charge on any atom is -0.394 e. The third-order valence-corrected chi connectivity index (χ3v) is 3.89. The van der Waals surface area contributed by atoms with Gasteiger partial charge in [-0.15, -0.1) is 0 Å². The van der Waals surface area contributed by atoms with E-state index in [4.69, 9.17) is 6.11 Å². The number of aliphatic hydroxyl groups is 4. The van der Waals surface area contributed by atoms with Crippen LogP contribution in [-0.4, -0.2) is 69.1 Å². The summed E-state index contributed by atoms with van der Waals surface area (Å²) < 4.78 is 12.2. The third-order valence-electron chi connectivity index (χ3n) is 3.89. The van der Waals surface area contributed by atoms with E-state index in [1.807, 2.05) is 0 Å². The van der Waals surface area contributed by atoms with Crippen molar-refractivity contribution in [3.63, 3.8) is 0 Å². The van der Waals surface area contributed by atoms with Crippen molar-refractivity contribution in [2.75, 3.05) is 13.2 Å². The van der Waals surface area contributed by atoms with Crippen LogP contribution in [0.15, 0.2) is 24.3 Å². The quantitative estimate of drug-likeness (QED) is 0.223. The lowest BCUT2D eigenvalue weighted by molar-refractivity contribution is -0.385. The molecule has 0 aliphatic carbocycles. The molecule has 0 radical (unpaired) electrons. The van der Waals surface area contributed by atoms with E-state index in [-0.39, 0.29) is 11.3 Å². The summed E-state index contributed by atoms with van der Waals surface area (Å²) in [7, 11) is 0. The van der Waals surface area contributed by atoms with Gasteiger partial charge < -0.3 is 30.0 Å². The average molecular weight is 343 g/mol. The highest BCUT2D eigenvalue weighted by Crippen LogP contribution is 2.36. The van der Waals surface area contributed by atoms with E-state index in [1.165, 1.54) is 12.1 Å². The molecular weight excluding hydrogens is 324 g/mol. The van der Waals surface area contributed by atoms with Crippen LogP contribution in [0.3, 0.4) is 0 Å². The number of aldehydes is 1. The number of nitro groups is 1. The fourth-order valence-corrected chi connectivity index (χ4v) is 2.65. The van der Waals surface area contributed by atoms with Gasteiger partial charge in [0, 0.05) is 17.7 Å². The zero-order valence-corrected chi connectivity index (χ0v) is 12.4. The van der Waals surface area contributed by atoms with E-state index in [9.17, 15) is 35.3 Å². The van der Waals surface area contributed by atoms with Gasteiger partial charge in [0.15, 0.2) is 0 Å². The monoisotopic (exact) mass is 343 g/mol. The number of carbonyl (C=O) groups excluding carboxylic acids is 1. The summed E-state index contributed by atoms with van der Waals surface area (Å²) in [5.74, 6) is -2.31. The van der Waals surface area contributed by atoms with Crippen LogP contribution in [0, 0.1) is 10.1 Å². The number of hydrogen-bond donors (Lipinski definition) is 5. The van der Waals surface area contributed by atoms with Crippen LogP contribution in [0.5, 0.6) is 0 Å². The number of benzene rings is 1. The lowest BCUT2D eigenvalue weighted by atomic mass is 9.86. The number of hydrogen-bond acceptors (Lipinski definition) is 9. The van der Waals surface area contributed by atoms with Crippen LogP contribution in [-0.2, 0) is 15.3 Å². The highest BCUT2D eigenvalue weighted by molar-refractivity contribution is 5.52. The Morgan fingerprint density at radius 2 is 2.00 bits per heavy atom. The number of rotatable bonds is 6. The molecule has 1 aromatic carbocycles. The van der Waals surface area contributed by atoms with Crippen LogP contribution < -0.4 is 5.32 Å². The van der Waals surface area contributed by atoms with E-state index < -0.39 is 54.5 Å². The Balaban J connectivity index is 2.41. The molecule has 0 bridgehead atoms. The number of nitrogens with one attached hydrogen (secondary N) is 1. The van der Waals surface area contributed by atoms with E-state index in [2.05, 4.69) is 5.32 Å². The summed E-state index contributed by atoms with van der Waals surface area (Å²) >= 11 is 0. The highest BCUT2D eigenvalue weighted by Gasteiger charge is 2.53. The molecule has 1 unspecified atom stereocenters. The Bertz CT molecular complexity index is 642. The van der Waals surface area contributed by atoms with Crippen molar-refractivity contribution in [1.29, 1.82) is 0 Å². The summed E-state index contributed by atoms with van der Waals surface area (Å²) in [5, 5.41) is 53.6. The van der Waals surface area contributed by atoms with Gasteiger partial charge >= 0.3 is 0 Å². The lowest BCUT2D eigenvalue weighted by Crippen LogP contribution is -2.68. The van der Waals surface area contributed by atoms with E-state index in [1.54, 1.807) is 0 Å². The molecular formula is C14H18N2O8. The Kier molecular flexibility index (Phi) is 5.14. The summed E-state index contributed by atoms with van der Waals surface area (Å²) in [6.07, 6.45) is -5.58. The molecule has 1 fully saturated rings. The molecule has 1 aromatic rings. The Labute approximate surface area is 137 Å². The van der Waals surface area contributed by atoms with Gasteiger partial charge in [0.2, 0.25) is 5.79 Å². The highest BCUT2D eigenvalue weighted by atomic mass is 16.6. The van der Waals surface area contributed by atoms with Gasteiger partial charge in [0.1, 0.15) is 25.9 Å². The second-order valence-electron chi connectivity index (χ2n) is 5.32. The first-order chi connectivity index (χ1) is 11.7. The van der Waals surface area contributed by atoms with Gasteiger partial charge in [-0.3, -0.25) is 15.4 Å². The predicted molar refractivity (Wildman–Crippen MR) is 78.8 cm³/mol. The second kappa shape index (κ2) is 7.30. The molecule has 10 nitrogen and oxygen atoms in total. The maximum atomic E-state index is 10.9. The normalized spacial score (nSPS) is 33.8. The maximum Gasteiger partial charge on any atom is 0.269 e. The van der Waals surface area contributed by atoms with Crippen molar-refractivity contribution < 1.29 is 36.3 Å². The molecule has 0 saturated carbocycles. The van der Waals surface area contributed by atoms with Crippen LogP contribution in [0.4, 0.5) is 5.69 Å². The number of non-ortho nitro benzene ring substituents is 1. The Morgan fingerprint density at radius 1 is 1.38 bits per heavy atom. The first kappa shape index (κ1) is 16.9. The SMILES string of the molecule is [2H]C(=O)CN[C@@H]1[C@@H](O)[C@@H](O)[C@@H](CO)OC1(O)c1ccc([N+](=O)[O-])cc1. The number of aliphatic hydroxyl groups excluding tert-OH is 3. The molecule has 0 amide bonds. The molecule has 0 aromatic heterocycles. The fourth-order valence-electron chi connectivity index (χ4n) is 2.65. The van der Waals surface area contributed by atoms with Gasteiger partial charge in [-0.25, -0.2) is 0 Å². The summed E-state index contributed by atoms with van der Waals surface area (Å²) in [6.45, 7) is -1.26. The van der Waals surface area contributed by atoms with Crippen LogP contribution in [0.2, 0.25) is 0 Å². The molecule has 2 rings (SSSR count). The number of carbonyl (C=O) groups is 1. The van der Waals surface area contributed by atoms with Crippen molar-refractivity contribution >= 4 is 11.9 Å². The Hall–Kier alpha value is -1.95. The van der Waals surface area contributed by atoms with E-state index in [0.717, 1.165) is 12.1 Å². The average Bonchev–Trinajstić information content (AvgIpc) is 2.57. The molecule has 132 valence electrons. The van der Waals surface area contributed by atoms with E-state index in [0.29, 0.717) is 0 Å². The zero-order chi connectivity index (χ0) is 18.8. The summed E-state index contributed by atoms with van der Waals surface area (Å²) in [4.78, 5) is 21.0. The van der Waals surface area contributed by atoms with Crippen LogP contribution >= 0.6 is 0 Å². The van der Waals surface area contributed by atoms with Crippen molar-refractivity contribution in [3.8, 4) is 0 Å². The lowest BCUT2D eigenvalue weighted by Gasteiger charge is -2.48. The first-order valence-electron chi connectivity index (χ1n) is 7.55. The predicted octanol–water partition coefficient (Wildman–Crippen LogP) is -1.99. The summed E-state index contributed by atoms with van der Waals surface area (Å²) in [5.41, 5.74) is -0.245. The topological polar surface area (TPSA) is 162 Å². The number of ether oxygens (including phenoxy) is 1. The first-order valence-corrected chi connectivity index (χ1v) is 7.05. The number of nitrogens with zero attached hydrogens (tertiary/aromatic N) is 1. The molecule has 1 saturated heterocycles. The smallest absolute Gasteiger partial charge is 0.269 e. The molecule has 5 atom stereocenters. The standard InChI is InChI=1S/C14H18N2O8/c17-6-5-15-13-12(20)11(19)10(7-18)24-14(13,21)8-1-3-9(4-2-8)16(22)23/h1-4,6,10-13,15,18-21H,5,7H2/t10-,11+,12+,13-,14?/m1/s1/i6D. The van der Waals surface area contributed by atoms with Gasteiger partial charge in [-0.05, 0) is 12.1 Å². The van der Waals surface area contributed by atoms with Gasteiger partial charge in [-0.1, -0.05) is 0 Å². The largest absolute Gasteiger partial charge is 0.394 e. The van der Waals surface area contributed by atoms with Crippen LogP contribution in [0.1, 0.15) is 6.93 Å². The van der Waals surface area contributed by atoms with Gasteiger partial charge in [0.05, 0.1) is 24.1 Å². The van der Waals surface area contributed by atoms with Gasteiger partial charge in [-0.2, -0.15) is 0 Å². The molecule has 1 aliphatic rings. The molecule has 1 heterocycles. The number of nitro benzene ring substituents is 1. The van der Waals surface area contributed by atoms with Gasteiger partial charge in [0.25, 0.3) is 5.69 Å². The minimum atomic E-state index is -2.31. The van der Waals surface area contributed by atoms with E-state index >= 15 is 0 Å². The van der Waals surface area contributed by atoms with Crippen molar-refractivity contribution in [2.24, 2.45) is 0 Å². The van der Waals surface area contributed by atoms with Crippen molar-refractivity contribution in [2.45, 2.75) is 30.1 Å². The minimum absolute atomic E-state index is 0.00238. The molecule has 5 N–H and O–H groups in total. The summed E-state index contributed by atoms with van der Waals surface area (Å²) in [6, 6.07) is 3.16. The zero-order valence-electron chi connectivity index (χ0n) is 13.4. The molecule has 10 heteroatoms. The van der Waals surface area contributed by atoms with Crippen molar-refractivity contribution in [1.82, 2.24) is 5.32 Å².